The predicted octanol–water partition coefficient (Wildman–Crippen LogP) is 7.10. The summed E-state index contributed by atoms with van der Waals surface area (Å²) in [5.74, 6) is 0.600. The van der Waals surface area contributed by atoms with Crippen LogP contribution >= 0.6 is 0 Å². The van der Waals surface area contributed by atoms with Gasteiger partial charge in [0.05, 0.1) is 24.6 Å². The lowest BCUT2D eigenvalue weighted by Gasteiger charge is -2.39. The van der Waals surface area contributed by atoms with Crippen LogP contribution in [-0.2, 0) is 11.3 Å². The smallest absolute Gasteiger partial charge is 0.238 e. The Hall–Kier alpha value is -3.64. The number of hydrogen-bond donors (Lipinski definition) is 1. The van der Waals surface area contributed by atoms with Crippen LogP contribution in [0, 0.1) is 0 Å². The van der Waals surface area contributed by atoms with Crippen molar-refractivity contribution in [1.29, 1.82) is 0 Å². The van der Waals surface area contributed by atoms with E-state index in [-0.39, 0.29) is 5.91 Å². The lowest BCUT2D eigenvalue weighted by molar-refractivity contribution is -0.115. The van der Waals surface area contributed by atoms with E-state index in [4.69, 9.17) is 14.5 Å². The maximum Gasteiger partial charge on any atom is 0.238 e. The average Bonchev–Trinajstić information content (AvgIpc) is 3.25. The Morgan fingerprint density at radius 1 is 0.923 bits per heavy atom. The summed E-state index contributed by atoms with van der Waals surface area (Å²) in [5.41, 5.74) is 5.32. The van der Waals surface area contributed by atoms with Gasteiger partial charge in [-0.05, 0) is 75.4 Å². The number of piperidine rings is 1. The van der Waals surface area contributed by atoms with Gasteiger partial charge >= 0.3 is 0 Å². The number of hydrogen-bond acceptors (Lipinski definition) is 5. The monoisotopic (exact) mass is 525 g/mol. The van der Waals surface area contributed by atoms with Crippen LogP contribution in [0.15, 0.2) is 71.7 Å². The summed E-state index contributed by atoms with van der Waals surface area (Å²) < 4.78 is 11.7. The summed E-state index contributed by atoms with van der Waals surface area (Å²) in [6.45, 7) is 10.5. The van der Waals surface area contributed by atoms with Crippen molar-refractivity contribution in [3.05, 3.63) is 83.4 Å². The molecule has 6 heteroatoms. The van der Waals surface area contributed by atoms with Crippen molar-refractivity contribution in [1.82, 2.24) is 4.90 Å². The minimum Gasteiger partial charge on any atom is -0.490 e. The van der Waals surface area contributed by atoms with Crippen molar-refractivity contribution in [2.75, 3.05) is 18.5 Å². The molecule has 0 aliphatic carbocycles. The van der Waals surface area contributed by atoms with Gasteiger partial charge in [-0.3, -0.25) is 14.7 Å². The molecule has 3 aromatic rings. The number of carbonyl (C=O) groups is 1. The molecule has 2 heterocycles. The van der Waals surface area contributed by atoms with E-state index in [2.05, 4.69) is 48.3 Å². The summed E-state index contributed by atoms with van der Waals surface area (Å²) >= 11 is 0. The number of fused-ring (bicyclic) bond motifs is 1. The van der Waals surface area contributed by atoms with Crippen LogP contribution in [-0.4, -0.2) is 41.8 Å². The molecule has 3 atom stereocenters. The van der Waals surface area contributed by atoms with Gasteiger partial charge in [0.15, 0.2) is 11.5 Å². The fourth-order valence-electron chi connectivity index (χ4n) is 5.79. The summed E-state index contributed by atoms with van der Waals surface area (Å²) in [6, 6.07) is 23.4. The van der Waals surface area contributed by atoms with E-state index >= 15 is 0 Å². The zero-order valence-electron chi connectivity index (χ0n) is 23.4. The number of likely N-dealkylation sites (tertiary alicyclic amines) is 1. The van der Waals surface area contributed by atoms with Gasteiger partial charge < -0.3 is 14.8 Å². The van der Waals surface area contributed by atoms with Crippen LogP contribution in [0.3, 0.4) is 0 Å². The van der Waals surface area contributed by atoms with Crippen molar-refractivity contribution < 1.29 is 14.3 Å². The standard InChI is InChI=1S/C33H39N3O3/c1-5-38-29-19-27-28(20-30(29)39-6-2)35-33(37)31(27)32(25-13-8-7-9-14-25)34-26-17-15-24(16-18-26)21-36-22(3)11-10-12-23(36)4/h7-9,13-20,22-23,31H,5-6,10-12,21H2,1-4H3,(H,35,37). The van der Waals surface area contributed by atoms with Crippen molar-refractivity contribution in [3.63, 3.8) is 0 Å². The molecule has 1 N–H and O–H groups in total. The second-order valence-electron chi connectivity index (χ2n) is 10.5. The highest BCUT2D eigenvalue weighted by atomic mass is 16.5. The number of carbonyl (C=O) groups excluding carboxylic acids is 1. The molecule has 1 amide bonds. The summed E-state index contributed by atoms with van der Waals surface area (Å²) in [6.07, 6.45) is 3.83. The Labute approximate surface area is 232 Å². The van der Waals surface area contributed by atoms with Gasteiger partial charge in [0.1, 0.15) is 5.92 Å². The molecule has 2 aliphatic heterocycles. The maximum absolute atomic E-state index is 13.4. The highest BCUT2D eigenvalue weighted by molar-refractivity contribution is 6.24. The summed E-state index contributed by atoms with van der Waals surface area (Å²) in [7, 11) is 0. The number of benzene rings is 3. The Morgan fingerprint density at radius 2 is 1.56 bits per heavy atom. The third kappa shape index (κ3) is 5.86. The minimum absolute atomic E-state index is 0.103. The summed E-state index contributed by atoms with van der Waals surface area (Å²) in [5, 5.41) is 3.05. The molecule has 5 rings (SSSR count). The molecule has 3 unspecified atom stereocenters. The van der Waals surface area contributed by atoms with Crippen LogP contribution in [0.5, 0.6) is 11.5 Å². The van der Waals surface area contributed by atoms with Gasteiger partial charge in [0.2, 0.25) is 5.91 Å². The maximum atomic E-state index is 13.4. The second-order valence-corrected chi connectivity index (χ2v) is 10.5. The van der Waals surface area contributed by atoms with E-state index in [1.54, 1.807) is 0 Å². The number of amides is 1. The quantitative estimate of drug-likeness (QED) is 0.303. The molecular formula is C33H39N3O3. The third-order valence-corrected chi connectivity index (χ3v) is 7.82. The first-order valence-corrected chi connectivity index (χ1v) is 14.2. The Bertz CT molecular complexity index is 1310. The zero-order chi connectivity index (χ0) is 27.4. The molecule has 0 radical (unpaired) electrons. The SMILES string of the molecule is CCOc1cc2c(cc1OCC)C(C(=Nc1ccc(CN3C(C)CCCC3C)cc1)c1ccccc1)C(=O)N2. The molecule has 39 heavy (non-hydrogen) atoms. The van der Waals surface area contributed by atoms with E-state index in [1.807, 2.05) is 56.3 Å². The number of aliphatic imine (C=N–C) groups is 1. The zero-order valence-corrected chi connectivity index (χ0v) is 23.4. The van der Waals surface area contributed by atoms with Gasteiger partial charge in [-0.2, -0.15) is 0 Å². The normalized spacial score (nSPS) is 21.4. The Morgan fingerprint density at radius 3 is 2.21 bits per heavy atom. The number of ether oxygens (including phenoxy) is 2. The van der Waals surface area contributed by atoms with Crippen LogP contribution in [0.25, 0.3) is 0 Å². The van der Waals surface area contributed by atoms with Crippen molar-refractivity contribution in [2.24, 2.45) is 4.99 Å². The number of anilines is 1. The van der Waals surface area contributed by atoms with E-state index in [0.717, 1.165) is 29.0 Å². The predicted molar refractivity (Wildman–Crippen MR) is 158 cm³/mol. The molecule has 3 aromatic carbocycles. The van der Waals surface area contributed by atoms with E-state index in [0.29, 0.717) is 42.5 Å². The first kappa shape index (κ1) is 26.9. The Kier molecular flexibility index (Phi) is 8.32. The van der Waals surface area contributed by atoms with Gasteiger partial charge in [0.25, 0.3) is 0 Å². The van der Waals surface area contributed by atoms with E-state index in [9.17, 15) is 4.79 Å². The van der Waals surface area contributed by atoms with E-state index < -0.39 is 5.92 Å². The Balaban J connectivity index is 1.50. The fraction of sp³-hybridized carbons (Fsp3) is 0.394. The average molecular weight is 526 g/mol. The lowest BCUT2D eigenvalue weighted by Crippen LogP contribution is -2.42. The topological polar surface area (TPSA) is 63.2 Å². The molecule has 0 spiro atoms. The van der Waals surface area contributed by atoms with Gasteiger partial charge in [-0.15, -0.1) is 0 Å². The third-order valence-electron chi connectivity index (χ3n) is 7.82. The van der Waals surface area contributed by atoms with Gasteiger partial charge in [-0.1, -0.05) is 48.9 Å². The van der Waals surface area contributed by atoms with Gasteiger partial charge in [0, 0.05) is 30.4 Å². The molecule has 0 aromatic heterocycles. The van der Waals surface area contributed by atoms with Crippen LogP contribution < -0.4 is 14.8 Å². The molecule has 0 saturated carbocycles. The highest BCUT2D eigenvalue weighted by Crippen LogP contribution is 2.43. The summed E-state index contributed by atoms with van der Waals surface area (Å²) in [4.78, 5) is 21.1. The fourth-order valence-corrected chi connectivity index (χ4v) is 5.79. The van der Waals surface area contributed by atoms with Crippen LogP contribution in [0.2, 0.25) is 0 Å². The molecule has 204 valence electrons. The van der Waals surface area contributed by atoms with Crippen LogP contribution in [0.1, 0.15) is 69.6 Å². The molecule has 0 bridgehead atoms. The van der Waals surface area contributed by atoms with Gasteiger partial charge in [-0.25, -0.2) is 0 Å². The molecule has 2 aliphatic rings. The number of rotatable bonds is 9. The first-order valence-electron chi connectivity index (χ1n) is 14.2. The van der Waals surface area contributed by atoms with E-state index in [1.165, 1.54) is 24.8 Å². The highest BCUT2D eigenvalue weighted by Gasteiger charge is 2.37. The van der Waals surface area contributed by atoms with Crippen LogP contribution in [0.4, 0.5) is 11.4 Å². The first-order chi connectivity index (χ1) is 19.0. The number of nitrogens with zero attached hydrogens (tertiary/aromatic N) is 2. The second kappa shape index (κ2) is 12.0. The van der Waals surface area contributed by atoms with Crippen molar-refractivity contribution in [3.8, 4) is 11.5 Å². The molecular weight excluding hydrogens is 486 g/mol. The molecule has 1 saturated heterocycles. The molecule has 6 nitrogen and oxygen atoms in total. The minimum atomic E-state index is -0.563. The largest absolute Gasteiger partial charge is 0.490 e. The lowest BCUT2D eigenvalue weighted by atomic mass is 9.90. The van der Waals surface area contributed by atoms with Crippen molar-refractivity contribution in [2.45, 2.75) is 71.5 Å². The number of nitrogens with one attached hydrogen (secondary N) is 1. The van der Waals surface area contributed by atoms with Crippen molar-refractivity contribution >= 4 is 23.0 Å². The molecule has 1 fully saturated rings.